The Kier molecular flexibility index (Phi) is 6.07. The number of unbranched alkanes of at least 4 members (excludes halogenated alkanes) is 1. The Labute approximate surface area is 203 Å². The first-order chi connectivity index (χ1) is 17.0. The zero-order valence-electron chi connectivity index (χ0n) is 20.3. The number of H-pyrrole nitrogens is 1. The van der Waals surface area contributed by atoms with Crippen LogP contribution in [0.5, 0.6) is 0 Å². The Morgan fingerprint density at radius 2 is 2.11 bits per heavy atom. The van der Waals surface area contributed by atoms with Crippen molar-refractivity contribution in [2.24, 2.45) is 12.0 Å². The molecule has 0 saturated carbocycles. The van der Waals surface area contributed by atoms with Gasteiger partial charge in [0.2, 0.25) is 0 Å². The molecule has 0 spiro atoms. The molecule has 0 aliphatic carbocycles. The fraction of sp³-hybridized carbons (Fsp3) is 0.346. The van der Waals surface area contributed by atoms with Crippen LogP contribution in [0.15, 0.2) is 64.8 Å². The lowest BCUT2D eigenvalue weighted by atomic mass is 9.76. The Balaban J connectivity index is 1.62. The van der Waals surface area contributed by atoms with Crippen LogP contribution >= 0.6 is 0 Å². The molecule has 3 aromatic heterocycles. The van der Waals surface area contributed by atoms with Crippen LogP contribution in [0.25, 0.3) is 17.2 Å². The molecule has 1 aromatic carbocycles. The van der Waals surface area contributed by atoms with Gasteiger partial charge in [0.05, 0.1) is 0 Å². The van der Waals surface area contributed by atoms with Crippen LogP contribution in [0, 0.1) is 6.92 Å². The average molecular weight is 471 g/mol. The first-order valence-electron chi connectivity index (χ1n) is 12.0. The van der Waals surface area contributed by atoms with Gasteiger partial charge in [0, 0.05) is 55.1 Å². The maximum absolute atomic E-state index is 13.9. The van der Waals surface area contributed by atoms with Gasteiger partial charge < -0.3 is 4.57 Å². The number of rotatable bonds is 8. The van der Waals surface area contributed by atoms with Crippen molar-refractivity contribution in [1.82, 2.24) is 34.3 Å². The second kappa shape index (κ2) is 9.32. The van der Waals surface area contributed by atoms with Gasteiger partial charge in [-0.25, -0.2) is 9.89 Å². The molecule has 4 heterocycles. The second-order valence-electron chi connectivity index (χ2n) is 9.23. The number of imidazole rings is 1. The summed E-state index contributed by atoms with van der Waals surface area (Å²) in [5.41, 5.74) is 3.66. The van der Waals surface area contributed by atoms with Crippen molar-refractivity contribution in [2.75, 3.05) is 0 Å². The Morgan fingerprint density at radius 3 is 2.80 bits per heavy atom. The van der Waals surface area contributed by atoms with E-state index in [1.54, 1.807) is 4.57 Å². The van der Waals surface area contributed by atoms with Crippen molar-refractivity contribution < 1.29 is 0 Å². The highest BCUT2D eigenvalue weighted by Crippen LogP contribution is 2.35. The maximum Gasteiger partial charge on any atom is 0.334 e. The predicted molar refractivity (Wildman–Crippen MR) is 136 cm³/mol. The number of hydrogen-bond donors (Lipinski definition) is 1. The number of aromatic amines is 1. The summed E-state index contributed by atoms with van der Waals surface area (Å²) >= 11 is 0. The lowest BCUT2D eigenvalue weighted by Crippen LogP contribution is -2.37. The minimum absolute atomic E-state index is 0.0214. The molecule has 5 rings (SSSR count). The Morgan fingerprint density at radius 1 is 1.23 bits per heavy atom. The molecule has 0 saturated heterocycles. The summed E-state index contributed by atoms with van der Waals surface area (Å²) in [7, 11) is 1.98. The molecule has 1 unspecified atom stereocenters. The lowest BCUT2D eigenvalue weighted by Gasteiger charge is -2.32. The zero-order valence-corrected chi connectivity index (χ0v) is 20.3. The molecule has 0 amide bonds. The van der Waals surface area contributed by atoms with Gasteiger partial charge in [-0.2, -0.15) is 0 Å². The van der Waals surface area contributed by atoms with E-state index in [0.29, 0.717) is 18.8 Å². The first-order valence-corrected chi connectivity index (χ1v) is 12.0. The SMILES string of the molecule is CCCCc1cn(-c2c(C)ccn2C)c(=O)n1CC1(c2cccc(-c3nnn[nH]3)c2)C=CN=CC1. The number of aryl methyl sites for hydroxylation is 3. The molecular weight excluding hydrogens is 440 g/mol. The van der Waals surface area contributed by atoms with Gasteiger partial charge >= 0.3 is 5.69 Å². The summed E-state index contributed by atoms with van der Waals surface area (Å²) in [5.74, 6) is 1.52. The van der Waals surface area contributed by atoms with Crippen LogP contribution < -0.4 is 5.69 Å². The van der Waals surface area contributed by atoms with Gasteiger partial charge in [-0.3, -0.25) is 14.1 Å². The highest BCUT2D eigenvalue weighted by Gasteiger charge is 2.33. The zero-order chi connectivity index (χ0) is 24.4. The molecule has 9 heteroatoms. The van der Waals surface area contributed by atoms with Crippen LogP contribution in [0.4, 0.5) is 0 Å². The van der Waals surface area contributed by atoms with E-state index in [0.717, 1.165) is 47.5 Å². The normalized spacial score (nSPS) is 17.3. The number of benzene rings is 1. The van der Waals surface area contributed by atoms with Crippen molar-refractivity contribution >= 4 is 6.21 Å². The van der Waals surface area contributed by atoms with Crippen LogP contribution in [0.2, 0.25) is 0 Å². The van der Waals surface area contributed by atoms with E-state index in [1.165, 1.54) is 0 Å². The monoisotopic (exact) mass is 470 g/mol. The highest BCUT2D eigenvalue weighted by atomic mass is 16.1. The van der Waals surface area contributed by atoms with Gasteiger partial charge in [0.15, 0.2) is 5.82 Å². The highest BCUT2D eigenvalue weighted by molar-refractivity contribution is 5.65. The standard InChI is InChI=1S/C26H30N8O/c1-4-5-9-22-17-33(24-19(2)10-15-32(24)3)25(35)34(22)18-26(11-13-27-14-12-26)21-8-6-7-20(16-21)23-28-30-31-29-23/h6-8,10-11,13-17H,4-5,9,12,18H2,1-3H3,(H,28,29,30,31). The van der Waals surface area contributed by atoms with E-state index in [1.807, 2.05) is 66.1 Å². The first kappa shape index (κ1) is 22.8. The largest absolute Gasteiger partial charge is 0.337 e. The van der Waals surface area contributed by atoms with E-state index in [-0.39, 0.29) is 5.69 Å². The molecular formula is C26H30N8O. The summed E-state index contributed by atoms with van der Waals surface area (Å²) in [6.07, 6.45) is 13.5. The van der Waals surface area contributed by atoms with Crippen molar-refractivity contribution in [1.29, 1.82) is 0 Å². The summed E-state index contributed by atoms with van der Waals surface area (Å²) in [4.78, 5) is 18.2. The summed E-state index contributed by atoms with van der Waals surface area (Å²) in [5, 5.41) is 14.3. The van der Waals surface area contributed by atoms with Crippen LogP contribution in [0.1, 0.15) is 43.0 Å². The molecule has 1 N–H and O–H groups in total. The molecule has 4 aromatic rings. The fourth-order valence-corrected chi connectivity index (χ4v) is 4.90. The predicted octanol–water partition coefficient (Wildman–Crippen LogP) is 3.73. The molecule has 9 nitrogen and oxygen atoms in total. The van der Waals surface area contributed by atoms with Gasteiger partial charge in [0.25, 0.3) is 0 Å². The number of aromatic nitrogens is 7. The topological polar surface area (TPSA) is 98.7 Å². The third-order valence-electron chi connectivity index (χ3n) is 6.85. The van der Waals surface area contributed by atoms with Crippen LogP contribution in [-0.2, 0) is 25.4 Å². The third-order valence-corrected chi connectivity index (χ3v) is 6.85. The van der Waals surface area contributed by atoms with Crippen molar-refractivity contribution in [2.45, 2.75) is 51.5 Å². The Bertz CT molecular complexity index is 1420. The van der Waals surface area contributed by atoms with Gasteiger partial charge in [0.1, 0.15) is 5.82 Å². The number of nitrogens with one attached hydrogen (secondary N) is 1. The summed E-state index contributed by atoms with van der Waals surface area (Å²) in [6, 6.07) is 10.2. The van der Waals surface area contributed by atoms with E-state index in [9.17, 15) is 4.79 Å². The summed E-state index contributed by atoms with van der Waals surface area (Å²) < 4.78 is 5.75. The molecule has 0 radical (unpaired) electrons. The fourth-order valence-electron chi connectivity index (χ4n) is 4.90. The molecule has 1 aliphatic heterocycles. The quantitative estimate of drug-likeness (QED) is 0.424. The molecule has 0 fully saturated rings. The number of hydrogen-bond acceptors (Lipinski definition) is 5. The molecule has 0 bridgehead atoms. The molecule has 180 valence electrons. The summed E-state index contributed by atoms with van der Waals surface area (Å²) in [6.45, 7) is 4.73. The average Bonchev–Trinajstić information content (AvgIpc) is 3.60. The van der Waals surface area contributed by atoms with Crippen LogP contribution in [0.3, 0.4) is 0 Å². The van der Waals surface area contributed by atoms with Gasteiger partial charge in [-0.1, -0.05) is 37.6 Å². The van der Waals surface area contributed by atoms with E-state index in [2.05, 4.69) is 50.7 Å². The molecule has 1 atom stereocenters. The smallest absolute Gasteiger partial charge is 0.334 e. The number of nitrogens with zero attached hydrogens (tertiary/aromatic N) is 7. The lowest BCUT2D eigenvalue weighted by molar-refractivity contribution is 0.438. The van der Waals surface area contributed by atoms with Crippen molar-refractivity contribution in [3.8, 4) is 17.2 Å². The Hall–Kier alpha value is -4.01. The third kappa shape index (κ3) is 4.18. The number of tetrazole rings is 1. The van der Waals surface area contributed by atoms with E-state index in [4.69, 9.17) is 0 Å². The minimum Gasteiger partial charge on any atom is -0.337 e. The maximum atomic E-state index is 13.9. The number of allylic oxidation sites excluding steroid dienone is 1. The second-order valence-corrected chi connectivity index (χ2v) is 9.23. The van der Waals surface area contributed by atoms with Crippen LogP contribution in [-0.4, -0.2) is 40.5 Å². The number of aliphatic imine (C=N–C) groups is 1. The van der Waals surface area contributed by atoms with E-state index < -0.39 is 5.41 Å². The molecule has 1 aliphatic rings. The van der Waals surface area contributed by atoms with Gasteiger partial charge in [-0.05, 0) is 59.9 Å². The van der Waals surface area contributed by atoms with Crippen molar-refractivity contribution in [3.63, 3.8) is 0 Å². The van der Waals surface area contributed by atoms with Gasteiger partial charge in [-0.15, -0.1) is 5.10 Å². The van der Waals surface area contributed by atoms with E-state index >= 15 is 0 Å². The minimum atomic E-state index is -0.425. The molecule has 35 heavy (non-hydrogen) atoms. The van der Waals surface area contributed by atoms with Crippen molar-refractivity contribution in [3.05, 3.63) is 82.3 Å².